The Morgan fingerprint density at radius 2 is 2.07 bits per heavy atom. The van der Waals surface area contributed by atoms with Crippen molar-refractivity contribution < 1.29 is 14.1 Å². The van der Waals surface area contributed by atoms with Crippen LogP contribution in [0.5, 0.6) is 0 Å². The predicted molar refractivity (Wildman–Crippen MR) is 94.9 cm³/mol. The summed E-state index contributed by atoms with van der Waals surface area (Å²) in [6, 6.07) is 0. The highest BCUT2D eigenvalue weighted by Gasteiger charge is 2.33. The Balaban J connectivity index is 1.41. The minimum absolute atomic E-state index is 0.163. The molecule has 0 aromatic carbocycles. The molecule has 0 N–H and O–H groups in total. The summed E-state index contributed by atoms with van der Waals surface area (Å²) in [6.07, 6.45) is 6.31. The molecule has 0 spiro atoms. The summed E-state index contributed by atoms with van der Waals surface area (Å²) < 4.78 is 12.7. The molecule has 0 bridgehead atoms. The van der Waals surface area contributed by atoms with Crippen LogP contribution in [0.3, 0.4) is 0 Å². The fourth-order valence-corrected chi connectivity index (χ4v) is 3.73. The number of amides is 1. The highest BCUT2D eigenvalue weighted by Crippen LogP contribution is 2.33. The lowest BCUT2D eigenvalue weighted by molar-refractivity contribution is 0.0742. The van der Waals surface area contributed by atoms with Gasteiger partial charge in [0.25, 0.3) is 11.8 Å². The van der Waals surface area contributed by atoms with Gasteiger partial charge in [-0.2, -0.15) is 10.1 Å². The third kappa shape index (κ3) is 2.85. The predicted octanol–water partition coefficient (Wildman–Crippen LogP) is 1.31. The second-order valence-electron chi connectivity index (χ2n) is 6.99. The van der Waals surface area contributed by atoms with Crippen LogP contribution in [0.1, 0.15) is 46.3 Å². The molecule has 10 heteroatoms. The maximum Gasteiger partial charge on any atom is 0.278 e. The van der Waals surface area contributed by atoms with Crippen molar-refractivity contribution in [1.82, 2.24) is 34.8 Å². The fraction of sp³-hybridized carbons (Fsp3) is 0.444. The first-order valence-electron chi connectivity index (χ1n) is 9.22. The van der Waals surface area contributed by atoms with Crippen molar-refractivity contribution in [3.05, 3.63) is 41.4 Å². The van der Waals surface area contributed by atoms with Gasteiger partial charge in [-0.15, -0.1) is 0 Å². The molecule has 2 aliphatic heterocycles. The van der Waals surface area contributed by atoms with Crippen LogP contribution in [-0.2, 0) is 24.9 Å². The maximum atomic E-state index is 12.7. The van der Waals surface area contributed by atoms with Gasteiger partial charge in [-0.25, -0.2) is 4.98 Å². The van der Waals surface area contributed by atoms with Gasteiger partial charge in [0.05, 0.1) is 25.0 Å². The molecule has 0 unspecified atom stereocenters. The average molecular weight is 381 g/mol. The van der Waals surface area contributed by atoms with E-state index in [0.717, 1.165) is 24.1 Å². The standard InChI is InChI=1S/C18H19N7O3/c1-24-14-10-25(18(26)13-8-19-4-5-20-13)9-12(14)15(22-24)17-21-16(23-28-17)11-2-6-27-7-3-11/h4-5,8,11H,2-3,6-7,9-10H2,1H3. The van der Waals surface area contributed by atoms with Crippen molar-refractivity contribution >= 4 is 5.91 Å². The molecular weight excluding hydrogens is 362 g/mol. The largest absolute Gasteiger partial charge is 0.381 e. The van der Waals surface area contributed by atoms with E-state index in [1.54, 1.807) is 15.8 Å². The molecule has 1 amide bonds. The Labute approximate surface area is 160 Å². The summed E-state index contributed by atoms with van der Waals surface area (Å²) in [5.41, 5.74) is 2.85. The number of aryl methyl sites for hydroxylation is 1. The third-order valence-corrected chi connectivity index (χ3v) is 5.26. The Morgan fingerprint density at radius 3 is 2.86 bits per heavy atom. The summed E-state index contributed by atoms with van der Waals surface area (Å²) in [7, 11) is 1.86. The van der Waals surface area contributed by atoms with Gasteiger partial charge in [0.15, 0.2) is 11.5 Å². The number of carbonyl (C=O) groups is 1. The van der Waals surface area contributed by atoms with Crippen molar-refractivity contribution in [3.8, 4) is 11.6 Å². The van der Waals surface area contributed by atoms with Crippen molar-refractivity contribution in [2.24, 2.45) is 7.05 Å². The number of fused-ring (bicyclic) bond motifs is 1. The second kappa shape index (κ2) is 6.79. The van der Waals surface area contributed by atoms with Gasteiger partial charge in [-0.3, -0.25) is 14.5 Å². The topological polar surface area (TPSA) is 112 Å². The minimum Gasteiger partial charge on any atom is -0.381 e. The smallest absolute Gasteiger partial charge is 0.278 e. The molecule has 144 valence electrons. The van der Waals surface area contributed by atoms with Crippen LogP contribution in [-0.4, -0.2) is 53.9 Å². The lowest BCUT2D eigenvalue weighted by atomic mass is 10.00. The van der Waals surface area contributed by atoms with Crippen LogP contribution in [0.15, 0.2) is 23.1 Å². The van der Waals surface area contributed by atoms with Crippen molar-refractivity contribution in [2.45, 2.75) is 31.8 Å². The summed E-state index contributed by atoms with van der Waals surface area (Å²) in [5.74, 6) is 1.18. The molecule has 1 saturated heterocycles. The van der Waals surface area contributed by atoms with E-state index in [9.17, 15) is 4.79 Å². The zero-order valence-corrected chi connectivity index (χ0v) is 15.4. The molecule has 28 heavy (non-hydrogen) atoms. The van der Waals surface area contributed by atoms with E-state index >= 15 is 0 Å². The molecule has 3 aromatic heterocycles. The quantitative estimate of drug-likeness (QED) is 0.667. The number of rotatable bonds is 3. The number of aromatic nitrogens is 6. The number of hydrogen-bond donors (Lipinski definition) is 0. The van der Waals surface area contributed by atoms with Gasteiger partial charge in [0.1, 0.15) is 5.69 Å². The molecule has 0 saturated carbocycles. The SMILES string of the molecule is Cn1nc(-c2nc(C3CCOCC3)no2)c2c1CN(C(=O)c1cnccn1)C2. The average Bonchev–Trinajstić information content (AvgIpc) is 3.46. The molecule has 3 aromatic rings. The molecule has 0 aliphatic carbocycles. The lowest BCUT2D eigenvalue weighted by Crippen LogP contribution is -2.27. The van der Waals surface area contributed by atoms with E-state index in [2.05, 4.69) is 25.2 Å². The molecule has 1 fully saturated rings. The highest BCUT2D eigenvalue weighted by atomic mass is 16.5. The molecule has 10 nitrogen and oxygen atoms in total. The normalized spacial score (nSPS) is 17.1. The monoisotopic (exact) mass is 381 g/mol. The number of hydrogen-bond acceptors (Lipinski definition) is 8. The molecule has 0 radical (unpaired) electrons. The number of carbonyl (C=O) groups excluding carboxylic acids is 1. The highest BCUT2D eigenvalue weighted by molar-refractivity contribution is 5.92. The van der Waals surface area contributed by atoms with Gasteiger partial charge in [-0.1, -0.05) is 5.16 Å². The van der Waals surface area contributed by atoms with Crippen LogP contribution in [0.2, 0.25) is 0 Å². The van der Waals surface area contributed by atoms with Crippen molar-refractivity contribution in [2.75, 3.05) is 13.2 Å². The van der Waals surface area contributed by atoms with Crippen LogP contribution in [0.4, 0.5) is 0 Å². The van der Waals surface area contributed by atoms with E-state index in [1.807, 2.05) is 7.05 Å². The second-order valence-corrected chi connectivity index (χ2v) is 6.99. The molecule has 2 aliphatic rings. The van der Waals surface area contributed by atoms with E-state index in [0.29, 0.717) is 49.4 Å². The minimum atomic E-state index is -0.163. The van der Waals surface area contributed by atoms with E-state index in [1.165, 1.54) is 12.4 Å². The van der Waals surface area contributed by atoms with Gasteiger partial charge in [0, 0.05) is 44.1 Å². The van der Waals surface area contributed by atoms with Crippen LogP contribution < -0.4 is 0 Å². The Morgan fingerprint density at radius 1 is 1.21 bits per heavy atom. The Kier molecular flexibility index (Phi) is 4.12. The Bertz CT molecular complexity index is 1010. The summed E-state index contributed by atoms with van der Waals surface area (Å²) in [4.78, 5) is 27.1. The first-order valence-corrected chi connectivity index (χ1v) is 9.22. The summed E-state index contributed by atoms with van der Waals surface area (Å²) >= 11 is 0. The zero-order valence-electron chi connectivity index (χ0n) is 15.4. The number of ether oxygens (including phenoxy) is 1. The molecule has 0 atom stereocenters. The van der Waals surface area contributed by atoms with Crippen molar-refractivity contribution in [3.63, 3.8) is 0 Å². The summed E-state index contributed by atoms with van der Waals surface area (Å²) in [6.45, 7) is 2.30. The number of nitrogens with zero attached hydrogens (tertiary/aromatic N) is 7. The third-order valence-electron chi connectivity index (χ3n) is 5.26. The van der Waals surface area contributed by atoms with E-state index < -0.39 is 0 Å². The molecule has 5 heterocycles. The molecular formula is C18H19N7O3. The molecule has 5 rings (SSSR count). The van der Waals surface area contributed by atoms with Gasteiger partial charge in [0.2, 0.25) is 0 Å². The first kappa shape index (κ1) is 17.0. The van der Waals surface area contributed by atoms with E-state index in [4.69, 9.17) is 9.26 Å². The zero-order chi connectivity index (χ0) is 19.1. The van der Waals surface area contributed by atoms with Gasteiger partial charge < -0.3 is 14.2 Å². The van der Waals surface area contributed by atoms with Gasteiger partial charge >= 0.3 is 0 Å². The van der Waals surface area contributed by atoms with Crippen LogP contribution in [0.25, 0.3) is 11.6 Å². The van der Waals surface area contributed by atoms with E-state index in [-0.39, 0.29) is 11.8 Å². The fourth-order valence-electron chi connectivity index (χ4n) is 3.73. The van der Waals surface area contributed by atoms with Crippen LogP contribution in [0, 0.1) is 0 Å². The maximum absolute atomic E-state index is 12.7. The summed E-state index contributed by atoms with van der Waals surface area (Å²) in [5, 5.41) is 8.72. The lowest BCUT2D eigenvalue weighted by Gasteiger charge is -2.18. The van der Waals surface area contributed by atoms with Crippen molar-refractivity contribution in [1.29, 1.82) is 0 Å². The Hall–Kier alpha value is -3.14. The van der Waals surface area contributed by atoms with Crippen LogP contribution >= 0.6 is 0 Å². The first-order chi connectivity index (χ1) is 13.7. The van der Waals surface area contributed by atoms with Gasteiger partial charge in [-0.05, 0) is 12.8 Å².